The number of nitrogens with zero attached hydrogens (tertiary/aromatic N) is 4. The van der Waals surface area contributed by atoms with E-state index < -0.39 is 0 Å². The van der Waals surface area contributed by atoms with Crippen LogP contribution in [0.1, 0.15) is 12.7 Å². The highest BCUT2D eigenvalue weighted by Crippen LogP contribution is 2.29. The van der Waals surface area contributed by atoms with E-state index >= 15 is 0 Å². The zero-order chi connectivity index (χ0) is 13.0. The molecule has 0 bridgehead atoms. The molecular formula is C9H12N6S3. The first-order valence-corrected chi connectivity index (χ1v) is 7.96. The minimum atomic E-state index is 0.595. The summed E-state index contributed by atoms with van der Waals surface area (Å²) in [5.41, 5.74) is 2.53. The van der Waals surface area contributed by atoms with E-state index in [9.17, 15) is 0 Å². The summed E-state index contributed by atoms with van der Waals surface area (Å²) in [7, 11) is 0. The first-order chi connectivity index (χ1) is 8.75. The summed E-state index contributed by atoms with van der Waals surface area (Å²) in [5, 5.41) is 1.48. The maximum atomic E-state index is 5.38. The van der Waals surface area contributed by atoms with Gasteiger partial charge >= 0.3 is 0 Å². The minimum Gasteiger partial charge on any atom is -0.308 e. The Morgan fingerprint density at radius 1 is 1.39 bits per heavy atom. The first-order valence-electron chi connectivity index (χ1n) is 5.15. The lowest BCUT2D eigenvalue weighted by Crippen LogP contribution is -2.09. The van der Waals surface area contributed by atoms with Gasteiger partial charge in [-0.15, -0.1) is 0 Å². The Bertz CT molecular complexity index is 507. The second kappa shape index (κ2) is 6.32. The number of hydrogen-bond donors (Lipinski definition) is 2. The van der Waals surface area contributed by atoms with Crippen LogP contribution in [0.15, 0.2) is 20.6 Å². The van der Waals surface area contributed by atoms with E-state index in [1.54, 1.807) is 6.07 Å². The SMILES string of the molecule is CCc1nsc(Sc2cc(NN)nc(SC)n2)n1. The molecule has 0 saturated heterocycles. The van der Waals surface area contributed by atoms with Gasteiger partial charge in [0.2, 0.25) is 0 Å². The fourth-order valence-corrected chi connectivity index (χ4v) is 3.22. The molecule has 0 aliphatic rings. The highest BCUT2D eigenvalue weighted by Gasteiger charge is 2.09. The van der Waals surface area contributed by atoms with Gasteiger partial charge in [0, 0.05) is 12.5 Å². The Labute approximate surface area is 117 Å². The van der Waals surface area contributed by atoms with Gasteiger partial charge in [0.1, 0.15) is 16.7 Å². The molecule has 0 radical (unpaired) electrons. The van der Waals surface area contributed by atoms with Crippen LogP contribution in [0, 0.1) is 0 Å². The largest absolute Gasteiger partial charge is 0.308 e. The molecule has 0 aromatic carbocycles. The fourth-order valence-electron chi connectivity index (χ4n) is 1.13. The van der Waals surface area contributed by atoms with Gasteiger partial charge < -0.3 is 5.43 Å². The molecule has 96 valence electrons. The predicted octanol–water partition coefficient (Wildman–Crippen LogP) is 2.05. The monoisotopic (exact) mass is 300 g/mol. The number of rotatable bonds is 5. The molecule has 0 aliphatic carbocycles. The van der Waals surface area contributed by atoms with Crippen LogP contribution in [0.25, 0.3) is 0 Å². The predicted molar refractivity (Wildman–Crippen MR) is 75.0 cm³/mol. The highest BCUT2D eigenvalue weighted by atomic mass is 32.2. The van der Waals surface area contributed by atoms with Crippen LogP contribution in [-0.4, -0.2) is 25.6 Å². The average molecular weight is 300 g/mol. The molecule has 0 fully saturated rings. The van der Waals surface area contributed by atoms with Crippen LogP contribution in [0.5, 0.6) is 0 Å². The molecule has 2 aromatic heterocycles. The Morgan fingerprint density at radius 3 is 2.83 bits per heavy atom. The Morgan fingerprint density at radius 2 is 2.22 bits per heavy atom. The van der Waals surface area contributed by atoms with E-state index in [1.165, 1.54) is 35.1 Å². The van der Waals surface area contributed by atoms with Crippen molar-refractivity contribution in [1.29, 1.82) is 0 Å². The average Bonchev–Trinajstić information content (AvgIpc) is 2.85. The molecule has 0 spiro atoms. The molecule has 2 aromatic rings. The van der Waals surface area contributed by atoms with E-state index in [0.717, 1.165) is 21.6 Å². The normalized spacial score (nSPS) is 10.6. The van der Waals surface area contributed by atoms with Crippen molar-refractivity contribution in [2.75, 3.05) is 11.7 Å². The quantitative estimate of drug-likeness (QED) is 0.285. The number of aryl methyl sites for hydroxylation is 1. The van der Waals surface area contributed by atoms with Crippen molar-refractivity contribution in [2.45, 2.75) is 27.9 Å². The zero-order valence-corrected chi connectivity index (χ0v) is 12.3. The molecule has 2 rings (SSSR count). The Balaban J connectivity index is 2.22. The van der Waals surface area contributed by atoms with Crippen LogP contribution >= 0.6 is 35.1 Å². The van der Waals surface area contributed by atoms with Gasteiger partial charge in [-0.25, -0.2) is 20.8 Å². The van der Waals surface area contributed by atoms with Gasteiger partial charge in [0.05, 0.1) is 0 Å². The third-order valence-corrected chi connectivity index (χ3v) is 4.23. The third kappa shape index (κ3) is 3.31. The molecule has 18 heavy (non-hydrogen) atoms. The molecular weight excluding hydrogens is 288 g/mol. The number of nitrogens with one attached hydrogen (secondary N) is 1. The van der Waals surface area contributed by atoms with Gasteiger partial charge in [0.25, 0.3) is 0 Å². The van der Waals surface area contributed by atoms with Crippen molar-refractivity contribution in [2.24, 2.45) is 5.84 Å². The van der Waals surface area contributed by atoms with Gasteiger partial charge in [-0.3, -0.25) is 0 Å². The van der Waals surface area contributed by atoms with Crippen molar-refractivity contribution in [3.05, 3.63) is 11.9 Å². The van der Waals surface area contributed by atoms with E-state index in [2.05, 4.69) is 24.8 Å². The lowest BCUT2D eigenvalue weighted by Gasteiger charge is -2.03. The van der Waals surface area contributed by atoms with Gasteiger partial charge in [-0.2, -0.15) is 4.37 Å². The standard InChI is InChI=1S/C9H12N6S3/c1-3-5-12-9(18-15-5)17-7-4-6(14-10)11-8(13-7)16-2/h4H,3,10H2,1-2H3,(H,11,13,14). The summed E-state index contributed by atoms with van der Waals surface area (Å²) in [5.74, 6) is 6.83. The number of thioether (sulfide) groups is 1. The second-order valence-electron chi connectivity index (χ2n) is 3.15. The van der Waals surface area contributed by atoms with Crippen LogP contribution in [0.3, 0.4) is 0 Å². The summed E-state index contributed by atoms with van der Waals surface area (Å²) in [4.78, 5) is 13.0. The molecule has 0 saturated carbocycles. The summed E-state index contributed by atoms with van der Waals surface area (Å²) in [6.45, 7) is 2.03. The van der Waals surface area contributed by atoms with Crippen LogP contribution < -0.4 is 11.3 Å². The topological polar surface area (TPSA) is 89.6 Å². The smallest absolute Gasteiger partial charge is 0.190 e. The van der Waals surface area contributed by atoms with Gasteiger partial charge in [-0.1, -0.05) is 18.7 Å². The van der Waals surface area contributed by atoms with E-state index in [4.69, 9.17) is 5.84 Å². The molecule has 6 nitrogen and oxygen atoms in total. The molecule has 3 N–H and O–H groups in total. The van der Waals surface area contributed by atoms with E-state index in [1.807, 2.05) is 13.2 Å². The van der Waals surface area contributed by atoms with E-state index in [-0.39, 0.29) is 0 Å². The fraction of sp³-hybridized carbons (Fsp3) is 0.333. The maximum Gasteiger partial charge on any atom is 0.190 e. The van der Waals surface area contributed by atoms with Crippen LogP contribution in [0.4, 0.5) is 5.82 Å². The van der Waals surface area contributed by atoms with Crippen LogP contribution in [0.2, 0.25) is 0 Å². The Hall–Kier alpha value is -0.900. The van der Waals surface area contributed by atoms with E-state index in [0.29, 0.717) is 11.0 Å². The molecule has 0 unspecified atom stereocenters. The number of aromatic nitrogens is 4. The Kier molecular flexibility index (Phi) is 4.75. The summed E-state index contributed by atoms with van der Waals surface area (Å²) in [6, 6.07) is 1.79. The zero-order valence-electron chi connectivity index (χ0n) is 9.88. The molecule has 0 aliphatic heterocycles. The van der Waals surface area contributed by atoms with Crippen molar-refractivity contribution in [1.82, 2.24) is 19.3 Å². The van der Waals surface area contributed by atoms with Crippen molar-refractivity contribution < 1.29 is 0 Å². The second-order valence-corrected chi connectivity index (χ2v) is 5.95. The lowest BCUT2D eigenvalue weighted by molar-refractivity contribution is 0.891. The molecule has 9 heteroatoms. The third-order valence-electron chi connectivity index (χ3n) is 1.97. The van der Waals surface area contributed by atoms with Crippen molar-refractivity contribution in [3.8, 4) is 0 Å². The highest BCUT2D eigenvalue weighted by molar-refractivity contribution is 8.01. The maximum absolute atomic E-state index is 5.38. The molecule has 0 atom stereocenters. The van der Waals surface area contributed by atoms with Gasteiger partial charge in [0.15, 0.2) is 9.50 Å². The summed E-state index contributed by atoms with van der Waals surface area (Å²) < 4.78 is 5.11. The summed E-state index contributed by atoms with van der Waals surface area (Å²) in [6.07, 6.45) is 2.76. The molecule has 2 heterocycles. The van der Waals surface area contributed by atoms with Crippen molar-refractivity contribution in [3.63, 3.8) is 0 Å². The lowest BCUT2D eigenvalue weighted by atomic mass is 10.5. The van der Waals surface area contributed by atoms with Crippen molar-refractivity contribution >= 4 is 40.9 Å². The minimum absolute atomic E-state index is 0.595. The summed E-state index contributed by atoms with van der Waals surface area (Å²) >= 11 is 4.32. The number of hydrazine groups is 1. The first kappa shape index (κ1) is 13.5. The number of hydrogen-bond acceptors (Lipinski definition) is 9. The molecule has 0 amide bonds. The number of nitrogens with two attached hydrogens (primary N) is 1. The number of nitrogen functional groups attached to an aromatic ring is 1. The van der Waals surface area contributed by atoms with Crippen LogP contribution in [-0.2, 0) is 6.42 Å². The van der Waals surface area contributed by atoms with Gasteiger partial charge in [-0.05, 0) is 29.6 Å². The number of anilines is 1.